The maximum Gasteiger partial charge on any atom is 0.331 e. The maximum absolute atomic E-state index is 9.87. The van der Waals surface area contributed by atoms with Gasteiger partial charge in [0.05, 0.1) is 6.42 Å². The molecule has 0 spiro atoms. The van der Waals surface area contributed by atoms with Crippen molar-refractivity contribution in [2.75, 3.05) is 0 Å². The van der Waals surface area contributed by atoms with E-state index in [1.54, 1.807) is 0 Å². The number of carbonyl (C=O) groups is 2. The summed E-state index contributed by atoms with van der Waals surface area (Å²) in [6, 6.07) is 0. The van der Waals surface area contributed by atoms with Crippen LogP contribution in [0.4, 0.5) is 0 Å². The Balaban J connectivity index is 0. The van der Waals surface area contributed by atoms with E-state index in [4.69, 9.17) is 10.2 Å². The molecule has 0 saturated carbocycles. The van der Waals surface area contributed by atoms with Gasteiger partial charge in [0.25, 0.3) is 0 Å². The van der Waals surface area contributed by atoms with Crippen molar-refractivity contribution >= 4 is 35.0 Å². The van der Waals surface area contributed by atoms with Crippen molar-refractivity contribution in [3.8, 4) is 0 Å². The Morgan fingerprint density at radius 1 is 1.30 bits per heavy atom. The normalized spacial score (nSPS) is 7.60. The molecular weight excluding hydrogens is 148 g/mol. The second kappa shape index (κ2) is 5.25. The van der Waals surface area contributed by atoms with Crippen LogP contribution in [0, 0.1) is 0 Å². The van der Waals surface area contributed by atoms with Gasteiger partial charge in [0.2, 0.25) is 0 Å². The van der Waals surface area contributed by atoms with E-state index in [0.29, 0.717) is 0 Å². The van der Waals surface area contributed by atoms with Gasteiger partial charge in [-0.15, -0.1) is 0 Å². The second-order valence-corrected chi connectivity index (χ2v) is 1.48. The van der Waals surface area contributed by atoms with Gasteiger partial charge in [0.15, 0.2) is 0 Å². The fourth-order valence-corrected chi connectivity index (χ4v) is 0.258. The Kier molecular flexibility index (Phi) is 6.38. The summed E-state index contributed by atoms with van der Waals surface area (Å²) < 4.78 is 0. The van der Waals surface area contributed by atoms with Crippen LogP contribution in [0.3, 0.4) is 0 Å². The topological polar surface area (TPSA) is 74.6 Å². The summed E-state index contributed by atoms with van der Waals surface area (Å²) in [5.41, 5.74) is -0.303. The van der Waals surface area contributed by atoms with Crippen LogP contribution in [-0.4, -0.2) is 45.2 Å². The van der Waals surface area contributed by atoms with Crippen molar-refractivity contribution < 1.29 is 19.8 Å². The van der Waals surface area contributed by atoms with Crippen molar-refractivity contribution in [3.05, 3.63) is 12.2 Å². The Labute approximate surface area is 73.7 Å². The van der Waals surface area contributed by atoms with E-state index in [-0.39, 0.29) is 28.6 Å². The van der Waals surface area contributed by atoms with E-state index in [2.05, 4.69) is 6.58 Å². The molecule has 0 aromatic carbocycles. The molecule has 0 rings (SSSR count). The third kappa shape index (κ3) is 5.58. The second-order valence-electron chi connectivity index (χ2n) is 1.48. The number of hydrogen-bond donors (Lipinski definition) is 2. The molecule has 4 nitrogen and oxygen atoms in total. The zero-order chi connectivity index (χ0) is 7.44. The lowest BCUT2D eigenvalue weighted by Gasteiger charge is -1.91. The van der Waals surface area contributed by atoms with E-state index in [9.17, 15) is 9.59 Å². The van der Waals surface area contributed by atoms with Gasteiger partial charge in [-0.25, -0.2) is 4.79 Å². The van der Waals surface area contributed by atoms with Crippen LogP contribution in [0.2, 0.25) is 0 Å². The molecule has 0 saturated heterocycles. The van der Waals surface area contributed by atoms with Gasteiger partial charge in [-0.3, -0.25) is 4.79 Å². The molecule has 0 aromatic rings. The van der Waals surface area contributed by atoms with Gasteiger partial charge in [0.1, 0.15) is 0 Å². The lowest BCUT2D eigenvalue weighted by atomic mass is 10.2. The highest BCUT2D eigenvalue weighted by Crippen LogP contribution is 1.95. The smallest absolute Gasteiger partial charge is 0.331 e. The number of hydrogen-bond acceptors (Lipinski definition) is 2. The summed E-state index contributed by atoms with van der Waals surface area (Å²) in [6.07, 6.45) is -0.505. The molecule has 0 radical (unpaired) electrons. The fraction of sp³-hybridized carbons (Fsp3) is 0.200. The summed E-state index contributed by atoms with van der Waals surface area (Å²) in [5.74, 6) is -2.44. The van der Waals surface area contributed by atoms with Crippen LogP contribution in [0.5, 0.6) is 0 Å². The molecule has 0 bridgehead atoms. The minimum absolute atomic E-state index is 0. The third-order valence-electron chi connectivity index (χ3n) is 0.667. The van der Waals surface area contributed by atoms with Gasteiger partial charge in [-0.2, -0.15) is 0 Å². The zero-order valence-electron chi connectivity index (χ0n) is 4.63. The summed E-state index contributed by atoms with van der Waals surface area (Å²) >= 11 is 0. The number of carboxylic acid groups (broad SMARTS) is 2. The minimum Gasteiger partial charge on any atom is -0.481 e. The Hall–Kier alpha value is -0.554. The molecule has 0 atom stereocenters. The van der Waals surface area contributed by atoms with E-state index >= 15 is 0 Å². The van der Waals surface area contributed by atoms with E-state index in [1.165, 1.54) is 0 Å². The Morgan fingerprint density at radius 3 is 1.80 bits per heavy atom. The zero-order valence-corrected chi connectivity index (χ0v) is 4.63. The van der Waals surface area contributed by atoms with Crippen molar-refractivity contribution in [1.82, 2.24) is 0 Å². The minimum atomic E-state index is -1.27. The average Bonchev–Trinajstić information content (AvgIpc) is 1.63. The van der Waals surface area contributed by atoms with Crippen LogP contribution in [0.1, 0.15) is 6.42 Å². The van der Waals surface area contributed by atoms with E-state index in [1.807, 2.05) is 0 Å². The first kappa shape index (κ1) is 12.2. The molecule has 5 heteroatoms. The van der Waals surface area contributed by atoms with Crippen molar-refractivity contribution in [2.24, 2.45) is 0 Å². The third-order valence-corrected chi connectivity index (χ3v) is 0.667. The van der Waals surface area contributed by atoms with Gasteiger partial charge >= 0.3 is 35.0 Å². The van der Waals surface area contributed by atoms with E-state index in [0.717, 1.165) is 0 Å². The molecule has 0 fully saturated rings. The molecule has 0 heterocycles. The first-order chi connectivity index (χ1) is 4.04. The SMILES string of the molecule is C=C(CC(=O)O)C(=O)O.[MgH2]. The van der Waals surface area contributed by atoms with Gasteiger partial charge in [0, 0.05) is 5.57 Å². The van der Waals surface area contributed by atoms with Crippen LogP contribution < -0.4 is 0 Å². The quantitative estimate of drug-likeness (QED) is 0.414. The number of aliphatic carboxylic acids is 2. The van der Waals surface area contributed by atoms with Gasteiger partial charge in [-0.1, -0.05) is 6.58 Å². The van der Waals surface area contributed by atoms with E-state index < -0.39 is 18.4 Å². The molecule has 0 amide bonds. The van der Waals surface area contributed by atoms with Crippen LogP contribution in [0.25, 0.3) is 0 Å². The molecule has 10 heavy (non-hydrogen) atoms. The standard InChI is InChI=1S/C5H6O4.Mg.2H/c1-3(5(8)9)2-4(6)7;;;/h1-2H2,(H,6,7)(H,8,9);;;. The molecule has 0 aromatic heterocycles. The molecule has 0 aliphatic carbocycles. The first-order valence-electron chi connectivity index (χ1n) is 2.17. The number of carboxylic acids is 2. The van der Waals surface area contributed by atoms with Gasteiger partial charge < -0.3 is 10.2 Å². The summed E-state index contributed by atoms with van der Waals surface area (Å²) in [5, 5.41) is 16.1. The van der Waals surface area contributed by atoms with Crippen molar-refractivity contribution in [1.29, 1.82) is 0 Å². The van der Waals surface area contributed by atoms with Gasteiger partial charge in [-0.05, 0) is 0 Å². The lowest BCUT2D eigenvalue weighted by Crippen LogP contribution is -2.04. The highest BCUT2D eigenvalue weighted by molar-refractivity contribution is 5.91. The van der Waals surface area contributed by atoms with Crippen LogP contribution >= 0.6 is 0 Å². The first-order valence-corrected chi connectivity index (χ1v) is 2.17. The Morgan fingerprint density at radius 2 is 1.70 bits per heavy atom. The van der Waals surface area contributed by atoms with Crippen molar-refractivity contribution in [3.63, 3.8) is 0 Å². The summed E-state index contributed by atoms with van der Waals surface area (Å²) in [4.78, 5) is 19.7. The lowest BCUT2D eigenvalue weighted by molar-refractivity contribution is -0.139. The molecule has 0 aliphatic rings. The molecular formula is C5H8MgO4. The predicted octanol–water partition coefficient (Wildman–Crippen LogP) is -0.814. The monoisotopic (exact) mass is 156 g/mol. The summed E-state index contributed by atoms with van der Waals surface area (Å²) in [7, 11) is 0. The fourth-order valence-electron chi connectivity index (χ4n) is 0.258. The molecule has 54 valence electrons. The summed E-state index contributed by atoms with van der Waals surface area (Å²) in [6.45, 7) is 3.01. The number of rotatable bonds is 3. The molecule has 0 unspecified atom stereocenters. The Bertz CT molecular complexity index is 163. The average molecular weight is 156 g/mol. The highest BCUT2D eigenvalue weighted by atomic mass is 24.3. The maximum atomic E-state index is 9.87. The highest BCUT2D eigenvalue weighted by Gasteiger charge is 2.07. The molecule has 0 aliphatic heterocycles. The predicted molar refractivity (Wildman–Crippen MR) is 37.6 cm³/mol. The van der Waals surface area contributed by atoms with Crippen molar-refractivity contribution in [2.45, 2.75) is 6.42 Å². The van der Waals surface area contributed by atoms with Crippen LogP contribution in [-0.2, 0) is 9.59 Å². The molecule has 2 N–H and O–H groups in total. The largest absolute Gasteiger partial charge is 0.481 e. The van der Waals surface area contributed by atoms with Crippen LogP contribution in [0.15, 0.2) is 12.2 Å².